The Labute approximate surface area is 146 Å². The first-order chi connectivity index (χ1) is 12.0. The molecule has 0 radical (unpaired) electrons. The molecule has 2 amide bonds. The van der Waals surface area contributed by atoms with Crippen LogP contribution in [0.5, 0.6) is 0 Å². The first kappa shape index (κ1) is 18.9. The van der Waals surface area contributed by atoms with Crippen molar-refractivity contribution in [3.8, 4) is 0 Å². The quantitative estimate of drug-likeness (QED) is 0.533. The zero-order valence-corrected chi connectivity index (χ0v) is 14.2. The highest BCUT2D eigenvalue weighted by Crippen LogP contribution is 2.32. The van der Waals surface area contributed by atoms with Crippen molar-refractivity contribution >= 4 is 17.8 Å². The van der Waals surface area contributed by atoms with Crippen molar-refractivity contribution in [3.05, 3.63) is 35.9 Å². The van der Waals surface area contributed by atoms with Gasteiger partial charge < -0.3 is 10.0 Å². The lowest BCUT2D eigenvalue weighted by molar-refractivity contribution is -0.154. The van der Waals surface area contributed by atoms with Gasteiger partial charge in [0.05, 0.1) is 11.8 Å². The van der Waals surface area contributed by atoms with Gasteiger partial charge in [0, 0.05) is 13.5 Å². The van der Waals surface area contributed by atoms with Crippen LogP contribution >= 0.6 is 0 Å². The number of hydroxylamine groups is 1. The van der Waals surface area contributed by atoms with Gasteiger partial charge >= 0.3 is 5.97 Å². The van der Waals surface area contributed by atoms with Crippen LogP contribution in [-0.4, -0.2) is 46.1 Å². The summed E-state index contributed by atoms with van der Waals surface area (Å²) in [6, 6.07) is 8.25. The van der Waals surface area contributed by atoms with Crippen molar-refractivity contribution in [2.24, 2.45) is 11.8 Å². The second-order valence-corrected chi connectivity index (χ2v) is 6.47. The first-order valence-electron chi connectivity index (χ1n) is 8.43. The Kier molecular flexibility index (Phi) is 6.52. The standard InChI is InChI=1S/C18H24N2O5/c1-20(17(22)13-9-5-6-10-14(13)18(23)24)15(16(21)19-25)11-12-7-3-2-4-8-12/h2-4,7-8,13-15,25H,5-6,9-11H2,1H3,(H,19,21)(H,23,24)/t13-,14+,15?/m1/s1. The van der Waals surface area contributed by atoms with Gasteiger partial charge in [-0.1, -0.05) is 43.2 Å². The van der Waals surface area contributed by atoms with Crippen LogP contribution in [0.3, 0.4) is 0 Å². The fourth-order valence-corrected chi connectivity index (χ4v) is 3.45. The Hall–Kier alpha value is -2.41. The second-order valence-electron chi connectivity index (χ2n) is 6.47. The highest BCUT2D eigenvalue weighted by atomic mass is 16.5. The molecule has 2 rings (SSSR count). The molecule has 1 unspecified atom stereocenters. The smallest absolute Gasteiger partial charge is 0.307 e. The number of carboxylic acids is 1. The maximum atomic E-state index is 12.9. The monoisotopic (exact) mass is 348 g/mol. The minimum absolute atomic E-state index is 0.236. The van der Waals surface area contributed by atoms with Crippen LogP contribution in [0.25, 0.3) is 0 Å². The maximum absolute atomic E-state index is 12.9. The van der Waals surface area contributed by atoms with E-state index in [0.717, 1.165) is 18.4 Å². The first-order valence-corrected chi connectivity index (χ1v) is 8.43. The van der Waals surface area contributed by atoms with Gasteiger partial charge in [-0.05, 0) is 18.4 Å². The Morgan fingerprint density at radius 3 is 2.32 bits per heavy atom. The van der Waals surface area contributed by atoms with E-state index in [0.29, 0.717) is 12.8 Å². The van der Waals surface area contributed by atoms with Gasteiger partial charge in [0.2, 0.25) is 5.91 Å². The number of carbonyl (C=O) groups is 3. The van der Waals surface area contributed by atoms with Gasteiger partial charge in [-0.3, -0.25) is 19.6 Å². The highest BCUT2D eigenvalue weighted by Gasteiger charge is 2.39. The summed E-state index contributed by atoms with van der Waals surface area (Å²) in [6.07, 6.45) is 2.78. The molecule has 1 aromatic rings. The summed E-state index contributed by atoms with van der Waals surface area (Å²) >= 11 is 0. The summed E-state index contributed by atoms with van der Waals surface area (Å²) in [6.45, 7) is 0. The topological polar surface area (TPSA) is 107 Å². The molecular formula is C18H24N2O5. The fraction of sp³-hybridized carbons (Fsp3) is 0.500. The van der Waals surface area contributed by atoms with Crippen molar-refractivity contribution in [1.82, 2.24) is 10.4 Å². The summed E-state index contributed by atoms with van der Waals surface area (Å²) < 4.78 is 0. The molecule has 0 spiro atoms. The Balaban J connectivity index is 2.19. The molecular weight excluding hydrogens is 324 g/mol. The third-order valence-electron chi connectivity index (χ3n) is 4.90. The zero-order chi connectivity index (χ0) is 18.4. The van der Waals surface area contributed by atoms with E-state index < -0.39 is 29.8 Å². The Morgan fingerprint density at radius 2 is 1.76 bits per heavy atom. The predicted octanol–water partition coefficient (Wildman–Crippen LogP) is 1.45. The van der Waals surface area contributed by atoms with Crippen LogP contribution < -0.4 is 5.48 Å². The van der Waals surface area contributed by atoms with Crippen molar-refractivity contribution in [2.75, 3.05) is 7.05 Å². The van der Waals surface area contributed by atoms with Crippen molar-refractivity contribution in [3.63, 3.8) is 0 Å². The molecule has 0 aliphatic heterocycles. The molecule has 0 heterocycles. The predicted molar refractivity (Wildman–Crippen MR) is 89.7 cm³/mol. The average molecular weight is 348 g/mol. The largest absolute Gasteiger partial charge is 0.481 e. The maximum Gasteiger partial charge on any atom is 0.307 e. The van der Waals surface area contributed by atoms with E-state index in [2.05, 4.69) is 0 Å². The molecule has 7 heteroatoms. The van der Waals surface area contributed by atoms with E-state index in [-0.39, 0.29) is 12.3 Å². The Bertz CT molecular complexity index is 619. The number of rotatable bonds is 6. The van der Waals surface area contributed by atoms with Crippen molar-refractivity contribution in [1.29, 1.82) is 0 Å². The van der Waals surface area contributed by atoms with Crippen LogP contribution in [0.2, 0.25) is 0 Å². The summed E-state index contributed by atoms with van der Waals surface area (Å²) in [7, 11) is 1.48. The lowest BCUT2D eigenvalue weighted by Crippen LogP contribution is -2.51. The summed E-state index contributed by atoms with van der Waals surface area (Å²) in [5, 5.41) is 18.4. The molecule has 7 nitrogen and oxygen atoms in total. The van der Waals surface area contributed by atoms with E-state index in [4.69, 9.17) is 5.21 Å². The van der Waals surface area contributed by atoms with E-state index in [1.807, 2.05) is 30.3 Å². The number of benzene rings is 1. The number of likely N-dealkylation sites (N-methyl/N-ethyl adjacent to an activating group) is 1. The number of nitrogens with one attached hydrogen (secondary N) is 1. The molecule has 1 saturated carbocycles. The van der Waals surface area contributed by atoms with Crippen molar-refractivity contribution < 1.29 is 24.7 Å². The van der Waals surface area contributed by atoms with Gasteiger partial charge in [-0.25, -0.2) is 5.48 Å². The van der Waals surface area contributed by atoms with E-state index in [1.165, 1.54) is 11.9 Å². The van der Waals surface area contributed by atoms with Crippen LogP contribution in [0, 0.1) is 11.8 Å². The third-order valence-corrected chi connectivity index (χ3v) is 4.90. The number of hydrogen-bond donors (Lipinski definition) is 3. The molecule has 25 heavy (non-hydrogen) atoms. The molecule has 3 atom stereocenters. The molecule has 0 bridgehead atoms. The van der Waals surface area contributed by atoms with Crippen LogP contribution in [0.1, 0.15) is 31.2 Å². The zero-order valence-electron chi connectivity index (χ0n) is 14.2. The van der Waals surface area contributed by atoms with Crippen molar-refractivity contribution in [2.45, 2.75) is 38.1 Å². The van der Waals surface area contributed by atoms with E-state index in [9.17, 15) is 19.5 Å². The molecule has 0 aromatic heterocycles. The van der Waals surface area contributed by atoms with E-state index in [1.54, 1.807) is 5.48 Å². The van der Waals surface area contributed by atoms with Gasteiger partial charge in [-0.15, -0.1) is 0 Å². The minimum Gasteiger partial charge on any atom is -0.481 e. The molecule has 1 aromatic carbocycles. The number of aliphatic carboxylic acids is 1. The molecule has 1 aliphatic carbocycles. The van der Waals surface area contributed by atoms with Gasteiger partial charge in [0.15, 0.2) is 0 Å². The van der Waals surface area contributed by atoms with Gasteiger partial charge in [0.25, 0.3) is 5.91 Å². The normalized spacial score (nSPS) is 21.2. The SMILES string of the molecule is CN(C(=O)[C@@H]1CCCC[C@@H]1C(=O)O)C(Cc1ccccc1)C(=O)NO. The lowest BCUT2D eigenvalue weighted by atomic mass is 9.78. The second kappa shape index (κ2) is 8.62. The number of hydrogen-bond acceptors (Lipinski definition) is 4. The molecule has 3 N–H and O–H groups in total. The van der Waals surface area contributed by atoms with Gasteiger partial charge in [0.1, 0.15) is 6.04 Å². The fourth-order valence-electron chi connectivity index (χ4n) is 3.45. The molecule has 1 aliphatic rings. The minimum atomic E-state index is -0.974. The average Bonchev–Trinajstić information content (AvgIpc) is 2.65. The number of nitrogens with zero attached hydrogens (tertiary/aromatic N) is 1. The molecule has 136 valence electrons. The number of carbonyl (C=O) groups excluding carboxylic acids is 2. The molecule has 0 saturated heterocycles. The number of amides is 2. The number of carboxylic acid groups (broad SMARTS) is 1. The molecule has 1 fully saturated rings. The van der Waals surface area contributed by atoms with Crippen LogP contribution in [0.4, 0.5) is 0 Å². The van der Waals surface area contributed by atoms with Gasteiger partial charge in [-0.2, -0.15) is 0 Å². The van der Waals surface area contributed by atoms with Crippen LogP contribution in [0.15, 0.2) is 30.3 Å². The lowest BCUT2D eigenvalue weighted by Gasteiger charge is -2.34. The highest BCUT2D eigenvalue weighted by molar-refractivity contribution is 5.90. The summed E-state index contributed by atoms with van der Waals surface area (Å²) in [5.41, 5.74) is 2.45. The summed E-state index contributed by atoms with van der Waals surface area (Å²) in [5.74, 6) is -3.39. The Morgan fingerprint density at radius 1 is 1.16 bits per heavy atom. The van der Waals surface area contributed by atoms with E-state index >= 15 is 0 Å². The van der Waals surface area contributed by atoms with Crippen LogP contribution in [-0.2, 0) is 20.8 Å². The summed E-state index contributed by atoms with van der Waals surface area (Å²) in [4.78, 5) is 37.7. The third kappa shape index (κ3) is 4.57.